The fourth-order valence-electron chi connectivity index (χ4n) is 2.15. The molecule has 0 saturated heterocycles. The highest BCUT2D eigenvalue weighted by molar-refractivity contribution is 7.15. The second-order valence-electron chi connectivity index (χ2n) is 5.69. The van der Waals surface area contributed by atoms with Crippen molar-refractivity contribution in [2.24, 2.45) is 5.92 Å². The van der Waals surface area contributed by atoms with E-state index in [0.717, 1.165) is 6.16 Å². The average Bonchev–Trinajstić information content (AvgIpc) is 2.16. The Balaban J connectivity index is 3.42. The molecule has 0 amide bonds. The van der Waals surface area contributed by atoms with Crippen LogP contribution in [0.2, 0.25) is 0 Å². The van der Waals surface area contributed by atoms with Crippen LogP contribution in [-0.4, -0.2) is 0 Å². The smallest absolute Gasteiger partial charge is 0.00775 e. The largest absolute Gasteiger partial charge is 0.133 e. The van der Waals surface area contributed by atoms with Crippen LogP contribution in [0.1, 0.15) is 49.9 Å². The summed E-state index contributed by atoms with van der Waals surface area (Å²) in [6.07, 6.45) is 1.05. The van der Waals surface area contributed by atoms with E-state index < -0.39 is 0 Å². The highest BCUT2D eigenvalue weighted by Gasteiger charge is 2.27. The van der Waals surface area contributed by atoms with Crippen LogP contribution >= 0.6 is 9.24 Å². The van der Waals surface area contributed by atoms with E-state index >= 15 is 0 Å². The zero-order valence-electron chi connectivity index (χ0n) is 11.5. The van der Waals surface area contributed by atoms with Crippen LogP contribution in [0, 0.1) is 19.8 Å². The molecule has 0 heterocycles. The Kier molecular flexibility index (Phi) is 4.18. The van der Waals surface area contributed by atoms with Gasteiger partial charge in [0.25, 0.3) is 0 Å². The van der Waals surface area contributed by atoms with Crippen molar-refractivity contribution in [2.75, 3.05) is 0 Å². The van der Waals surface area contributed by atoms with Gasteiger partial charge in [-0.2, -0.15) is 0 Å². The zero-order chi connectivity index (χ0) is 12.5. The van der Waals surface area contributed by atoms with E-state index in [1.165, 1.54) is 22.3 Å². The average molecular weight is 236 g/mol. The minimum atomic E-state index is 0.253. The molecule has 1 aromatic rings. The summed E-state index contributed by atoms with van der Waals surface area (Å²) in [7, 11) is 2.87. The van der Waals surface area contributed by atoms with Crippen molar-refractivity contribution in [2.45, 2.75) is 53.1 Å². The van der Waals surface area contributed by atoms with Crippen molar-refractivity contribution >= 4 is 9.24 Å². The molecule has 0 spiro atoms. The second kappa shape index (κ2) is 4.88. The van der Waals surface area contributed by atoms with E-state index in [9.17, 15) is 0 Å². The maximum absolute atomic E-state index is 2.87. The van der Waals surface area contributed by atoms with Crippen molar-refractivity contribution in [1.82, 2.24) is 0 Å². The SMILES string of the molecule is Cc1cc(C)c(CP)c(C(C)(C)C(C)C)c1. The van der Waals surface area contributed by atoms with Crippen molar-refractivity contribution in [3.63, 3.8) is 0 Å². The highest BCUT2D eigenvalue weighted by atomic mass is 31.0. The molecule has 0 saturated carbocycles. The summed E-state index contributed by atoms with van der Waals surface area (Å²) in [6.45, 7) is 13.8. The predicted molar refractivity (Wildman–Crippen MR) is 77.2 cm³/mol. The molecule has 0 aliphatic heterocycles. The fourth-order valence-corrected chi connectivity index (χ4v) is 2.70. The fraction of sp³-hybridized carbons (Fsp3) is 0.600. The number of benzene rings is 1. The lowest BCUT2D eigenvalue weighted by Gasteiger charge is -2.33. The van der Waals surface area contributed by atoms with Crippen molar-refractivity contribution in [1.29, 1.82) is 0 Å². The third kappa shape index (κ3) is 2.48. The van der Waals surface area contributed by atoms with Crippen LogP contribution in [0.3, 0.4) is 0 Å². The first kappa shape index (κ1) is 13.7. The molecule has 16 heavy (non-hydrogen) atoms. The molecule has 1 unspecified atom stereocenters. The van der Waals surface area contributed by atoms with Gasteiger partial charge in [-0.05, 0) is 48.0 Å². The minimum Gasteiger partial charge on any atom is -0.133 e. The predicted octanol–water partition coefficient (Wildman–Crippen LogP) is 4.61. The van der Waals surface area contributed by atoms with Gasteiger partial charge in [-0.25, -0.2) is 0 Å². The minimum absolute atomic E-state index is 0.253. The second-order valence-corrected chi connectivity index (χ2v) is 6.10. The van der Waals surface area contributed by atoms with E-state index in [1.54, 1.807) is 0 Å². The topological polar surface area (TPSA) is 0 Å². The lowest BCUT2D eigenvalue weighted by atomic mass is 9.72. The molecule has 0 aromatic heterocycles. The molecule has 1 aromatic carbocycles. The number of hydrogen-bond donors (Lipinski definition) is 0. The third-order valence-electron chi connectivity index (χ3n) is 3.96. The van der Waals surface area contributed by atoms with Gasteiger partial charge in [-0.3, -0.25) is 0 Å². The molecular weight excluding hydrogens is 211 g/mol. The van der Waals surface area contributed by atoms with Gasteiger partial charge in [0.2, 0.25) is 0 Å². The molecule has 1 heteroatoms. The van der Waals surface area contributed by atoms with Gasteiger partial charge < -0.3 is 0 Å². The van der Waals surface area contributed by atoms with E-state index in [-0.39, 0.29) is 5.41 Å². The quantitative estimate of drug-likeness (QED) is 0.672. The van der Waals surface area contributed by atoms with Gasteiger partial charge in [0.1, 0.15) is 0 Å². The van der Waals surface area contributed by atoms with Gasteiger partial charge in [-0.1, -0.05) is 45.4 Å². The number of hydrogen-bond acceptors (Lipinski definition) is 0. The first-order valence-corrected chi connectivity index (χ1v) is 6.93. The summed E-state index contributed by atoms with van der Waals surface area (Å²) in [6, 6.07) is 4.66. The Labute approximate surface area is 103 Å². The molecule has 90 valence electrons. The van der Waals surface area contributed by atoms with E-state index in [1.807, 2.05) is 0 Å². The third-order valence-corrected chi connectivity index (χ3v) is 4.37. The zero-order valence-corrected chi connectivity index (χ0v) is 12.7. The summed E-state index contributed by atoms with van der Waals surface area (Å²) >= 11 is 0. The normalized spacial score (nSPS) is 12.2. The van der Waals surface area contributed by atoms with Crippen LogP contribution in [0.15, 0.2) is 12.1 Å². The van der Waals surface area contributed by atoms with Gasteiger partial charge in [0, 0.05) is 0 Å². The first-order chi connectivity index (χ1) is 7.30. The van der Waals surface area contributed by atoms with Gasteiger partial charge in [-0.15, -0.1) is 9.24 Å². The Morgan fingerprint density at radius 2 is 1.75 bits per heavy atom. The molecule has 1 rings (SSSR count). The molecule has 0 aliphatic carbocycles. The first-order valence-electron chi connectivity index (χ1n) is 6.11. The summed E-state index contributed by atoms with van der Waals surface area (Å²) < 4.78 is 0. The molecule has 0 nitrogen and oxygen atoms in total. The molecule has 0 bridgehead atoms. The van der Waals surface area contributed by atoms with E-state index in [0.29, 0.717) is 5.92 Å². The Morgan fingerprint density at radius 3 is 2.19 bits per heavy atom. The van der Waals surface area contributed by atoms with Crippen molar-refractivity contribution in [3.8, 4) is 0 Å². The highest BCUT2D eigenvalue weighted by Crippen LogP contribution is 2.36. The maximum atomic E-state index is 2.87. The molecule has 0 radical (unpaired) electrons. The Hall–Kier alpha value is -0.350. The molecular formula is C15H25P. The summed E-state index contributed by atoms with van der Waals surface area (Å²) in [5, 5.41) is 0. The van der Waals surface area contributed by atoms with Gasteiger partial charge >= 0.3 is 0 Å². The van der Waals surface area contributed by atoms with Crippen LogP contribution in [0.5, 0.6) is 0 Å². The van der Waals surface area contributed by atoms with Crippen LogP contribution in [0.4, 0.5) is 0 Å². The van der Waals surface area contributed by atoms with E-state index in [4.69, 9.17) is 0 Å². The van der Waals surface area contributed by atoms with Crippen LogP contribution < -0.4 is 0 Å². The molecule has 1 atom stereocenters. The number of aryl methyl sites for hydroxylation is 2. The van der Waals surface area contributed by atoms with Crippen LogP contribution in [-0.2, 0) is 11.6 Å². The number of rotatable bonds is 3. The monoisotopic (exact) mass is 236 g/mol. The lowest BCUT2D eigenvalue weighted by Crippen LogP contribution is -2.26. The summed E-state index contributed by atoms with van der Waals surface area (Å²) in [5.41, 5.74) is 6.09. The summed E-state index contributed by atoms with van der Waals surface area (Å²) in [5.74, 6) is 0.656. The van der Waals surface area contributed by atoms with Crippen molar-refractivity contribution < 1.29 is 0 Å². The molecule has 0 fully saturated rings. The van der Waals surface area contributed by atoms with Gasteiger partial charge in [0.05, 0.1) is 0 Å². The van der Waals surface area contributed by atoms with Gasteiger partial charge in [0.15, 0.2) is 0 Å². The molecule has 0 N–H and O–H groups in total. The molecule has 0 aliphatic rings. The standard InChI is InChI=1S/C15H25P/c1-10(2)15(5,6)14-8-11(3)7-12(4)13(14)9-16/h7-8,10H,9,16H2,1-6H3. The Bertz CT molecular complexity index is 375. The summed E-state index contributed by atoms with van der Waals surface area (Å²) in [4.78, 5) is 0. The maximum Gasteiger partial charge on any atom is -0.00775 e. The van der Waals surface area contributed by atoms with E-state index in [2.05, 4.69) is 62.9 Å². The van der Waals surface area contributed by atoms with Crippen molar-refractivity contribution in [3.05, 3.63) is 34.4 Å². The Morgan fingerprint density at radius 1 is 1.19 bits per heavy atom. The lowest BCUT2D eigenvalue weighted by molar-refractivity contribution is 0.370. The van der Waals surface area contributed by atoms with Crippen LogP contribution in [0.25, 0.3) is 0 Å².